The summed E-state index contributed by atoms with van der Waals surface area (Å²) in [4.78, 5) is 18.5. The molecule has 4 rings (SSSR count). The number of rotatable bonds is 6. The number of imidazole rings is 1. The number of benzene rings is 1. The van der Waals surface area contributed by atoms with Gasteiger partial charge in [-0.1, -0.05) is 24.3 Å². The highest BCUT2D eigenvalue weighted by Crippen LogP contribution is 2.09. The van der Waals surface area contributed by atoms with Crippen LogP contribution in [0.4, 0.5) is 4.79 Å². The van der Waals surface area contributed by atoms with Crippen LogP contribution in [-0.4, -0.2) is 43.7 Å². The summed E-state index contributed by atoms with van der Waals surface area (Å²) in [5, 5.41) is 7.31. The maximum absolute atomic E-state index is 12.3. The van der Waals surface area contributed by atoms with Gasteiger partial charge in [-0.2, -0.15) is 5.10 Å². The van der Waals surface area contributed by atoms with Crippen molar-refractivity contribution in [3.05, 3.63) is 84.6 Å². The Labute approximate surface area is 163 Å². The van der Waals surface area contributed by atoms with E-state index in [1.54, 1.807) is 18.1 Å². The van der Waals surface area contributed by atoms with Gasteiger partial charge in [0, 0.05) is 44.2 Å². The zero-order valence-corrected chi connectivity index (χ0v) is 15.7. The van der Waals surface area contributed by atoms with Gasteiger partial charge < -0.3 is 14.6 Å². The van der Waals surface area contributed by atoms with Crippen molar-refractivity contribution < 1.29 is 4.79 Å². The van der Waals surface area contributed by atoms with E-state index in [9.17, 15) is 4.79 Å². The number of amides is 2. The molecule has 1 N–H and O–H groups in total. The van der Waals surface area contributed by atoms with E-state index in [-0.39, 0.29) is 6.03 Å². The molecular formula is C21H22N6O. The van der Waals surface area contributed by atoms with Crippen LogP contribution in [0.2, 0.25) is 0 Å². The summed E-state index contributed by atoms with van der Waals surface area (Å²) in [5.41, 5.74) is 3.84. The molecule has 7 nitrogen and oxygen atoms in total. The Balaban J connectivity index is 1.28. The highest BCUT2D eigenvalue weighted by Gasteiger charge is 2.11. The van der Waals surface area contributed by atoms with Gasteiger partial charge in [0.05, 0.1) is 24.1 Å². The second-order valence-electron chi connectivity index (χ2n) is 6.67. The molecule has 4 aromatic rings. The fourth-order valence-corrected chi connectivity index (χ4v) is 3.05. The smallest absolute Gasteiger partial charge is 0.317 e. The predicted molar refractivity (Wildman–Crippen MR) is 107 cm³/mol. The fraction of sp³-hybridized carbons (Fsp3) is 0.190. The molecule has 0 atom stereocenters. The minimum absolute atomic E-state index is 0.115. The van der Waals surface area contributed by atoms with Crippen molar-refractivity contribution in [2.75, 3.05) is 13.6 Å². The van der Waals surface area contributed by atoms with E-state index in [1.807, 2.05) is 76.2 Å². The van der Waals surface area contributed by atoms with E-state index >= 15 is 0 Å². The minimum atomic E-state index is -0.115. The molecular weight excluding hydrogens is 352 g/mol. The number of hydrogen-bond donors (Lipinski definition) is 1. The first-order chi connectivity index (χ1) is 13.7. The van der Waals surface area contributed by atoms with Gasteiger partial charge in [0.1, 0.15) is 5.65 Å². The Bertz CT molecular complexity index is 1040. The fourth-order valence-electron chi connectivity index (χ4n) is 3.05. The van der Waals surface area contributed by atoms with Crippen LogP contribution in [-0.2, 0) is 13.0 Å². The molecule has 7 heteroatoms. The van der Waals surface area contributed by atoms with Gasteiger partial charge in [-0.15, -0.1) is 0 Å². The van der Waals surface area contributed by atoms with E-state index < -0.39 is 0 Å². The standard InChI is InChI=1S/C21H22N6O/c1-25(14-17-13-23-27(15-17)19-7-3-2-4-8-19)21(28)22-11-10-18-16-26-12-6-5-9-20(26)24-18/h2-9,12-13,15-16H,10-11,14H2,1H3,(H,22,28). The van der Waals surface area contributed by atoms with Crippen LogP contribution in [0, 0.1) is 0 Å². The van der Waals surface area contributed by atoms with Crippen molar-refractivity contribution in [1.29, 1.82) is 0 Å². The predicted octanol–water partition coefficient (Wildman–Crippen LogP) is 2.90. The van der Waals surface area contributed by atoms with Gasteiger partial charge in [-0.05, 0) is 24.3 Å². The molecule has 0 saturated carbocycles. The van der Waals surface area contributed by atoms with E-state index in [0.717, 1.165) is 22.6 Å². The highest BCUT2D eigenvalue weighted by atomic mass is 16.2. The second-order valence-corrected chi connectivity index (χ2v) is 6.67. The van der Waals surface area contributed by atoms with Crippen molar-refractivity contribution in [1.82, 2.24) is 29.4 Å². The molecule has 2 amide bonds. The topological polar surface area (TPSA) is 67.5 Å². The number of nitrogens with one attached hydrogen (secondary N) is 1. The average Bonchev–Trinajstić information content (AvgIpc) is 3.35. The first-order valence-electron chi connectivity index (χ1n) is 9.19. The summed E-state index contributed by atoms with van der Waals surface area (Å²) in [6, 6.07) is 15.7. The van der Waals surface area contributed by atoms with Crippen LogP contribution >= 0.6 is 0 Å². The largest absolute Gasteiger partial charge is 0.338 e. The average molecular weight is 374 g/mol. The lowest BCUT2D eigenvalue weighted by Crippen LogP contribution is -2.37. The van der Waals surface area contributed by atoms with Crippen molar-refractivity contribution in [2.45, 2.75) is 13.0 Å². The van der Waals surface area contributed by atoms with Crippen molar-refractivity contribution >= 4 is 11.7 Å². The SMILES string of the molecule is CN(Cc1cnn(-c2ccccc2)c1)C(=O)NCCc1cn2ccccc2n1. The van der Waals surface area contributed by atoms with Gasteiger partial charge >= 0.3 is 6.03 Å². The summed E-state index contributed by atoms with van der Waals surface area (Å²) in [7, 11) is 1.78. The molecule has 142 valence electrons. The molecule has 0 spiro atoms. The lowest BCUT2D eigenvalue weighted by molar-refractivity contribution is 0.207. The van der Waals surface area contributed by atoms with Gasteiger partial charge in [0.15, 0.2) is 0 Å². The van der Waals surface area contributed by atoms with Gasteiger partial charge in [-0.3, -0.25) is 0 Å². The molecule has 1 aromatic carbocycles. The molecule has 0 unspecified atom stereocenters. The van der Waals surface area contributed by atoms with Crippen LogP contribution in [0.1, 0.15) is 11.3 Å². The Kier molecular flexibility index (Phi) is 5.05. The third kappa shape index (κ3) is 4.03. The molecule has 0 bridgehead atoms. The molecule has 0 aliphatic carbocycles. The van der Waals surface area contributed by atoms with E-state index in [4.69, 9.17) is 0 Å². The monoisotopic (exact) mass is 374 g/mol. The number of carbonyl (C=O) groups excluding carboxylic acids is 1. The van der Waals surface area contributed by atoms with Crippen molar-refractivity contribution in [3.8, 4) is 5.69 Å². The summed E-state index contributed by atoms with van der Waals surface area (Å²) in [6.45, 7) is 1.03. The lowest BCUT2D eigenvalue weighted by atomic mass is 10.3. The maximum atomic E-state index is 12.3. The Morgan fingerprint density at radius 2 is 1.93 bits per heavy atom. The zero-order valence-electron chi connectivity index (χ0n) is 15.7. The molecule has 28 heavy (non-hydrogen) atoms. The normalized spacial score (nSPS) is 10.9. The zero-order chi connectivity index (χ0) is 19.3. The minimum Gasteiger partial charge on any atom is -0.338 e. The van der Waals surface area contributed by atoms with Crippen LogP contribution in [0.15, 0.2) is 73.3 Å². The number of carbonyl (C=O) groups is 1. The number of fused-ring (bicyclic) bond motifs is 1. The highest BCUT2D eigenvalue weighted by molar-refractivity contribution is 5.73. The summed E-state index contributed by atoms with van der Waals surface area (Å²) < 4.78 is 3.79. The number of nitrogens with zero attached hydrogens (tertiary/aromatic N) is 5. The number of para-hydroxylation sites is 1. The molecule has 0 saturated heterocycles. The van der Waals surface area contributed by atoms with Crippen LogP contribution in [0.25, 0.3) is 11.3 Å². The van der Waals surface area contributed by atoms with Gasteiger partial charge in [-0.25, -0.2) is 14.5 Å². The van der Waals surface area contributed by atoms with Crippen molar-refractivity contribution in [3.63, 3.8) is 0 Å². The molecule has 0 fully saturated rings. The van der Waals surface area contributed by atoms with Crippen LogP contribution in [0.5, 0.6) is 0 Å². The quantitative estimate of drug-likeness (QED) is 0.564. The van der Waals surface area contributed by atoms with Gasteiger partial charge in [0.25, 0.3) is 0 Å². The first-order valence-corrected chi connectivity index (χ1v) is 9.19. The first kappa shape index (κ1) is 17.8. The van der Waals surface area contributed by atoms with Gasteiger partial charge in [0.2, 0.25) is 0 Å². The Morgan fingerprint density at radius 1 is 1.11 bits per heavy atom. The summed E-state index contributed by atoms with van der Waals surface area (Å²) in [6.07, 6.45) is 8.37. The molecule has 0 radical (unpaired) electrons. The number of pyridine rings is 1. The molecule has 0 aliphatic heterocycles. The number of hydrogen-bond acceptors (Lipinski definition) is 3. The second kappa shape index (κ2) is 7.96. The molecule has 3 heterocycles. The molecule has 3 aromatic heterocycles. The number of aromatic nitrogens is 4. The van der Waals surface area contributed by atoms with E-state index in [1.165, 1.54) is 0 Å². The lowest BCUT2D eigenvalue weighted by Gasteiger charge is -2.16. The van der Waals surface area contributed by atoms with Crippen LogP contribution in [0.3, 0.4) is 0 Å². The molecule has 0 aliphatic rings. The summed E-state index contributed by atoms with van der Waals surface area (Å²) >= 11 is 0. The Morgan fingerprint density at radius 3 is 2.75 bits per heavy atom. The van der Waals surface area contributed by atoms with E-state index in [2.05, 4.69) is 15.4 Å². The third-order valence-electron chi connectivity index (χ3n) is 4.49. The maximum Gasteiger partial charge on any atom is 0.317 e. The number of urea groups is 1. The van der Waals surface area contributed by atoms with Crippen molar-refractivity contribution in [2.24, 2.45) is 0 Å². The van der Waals surface area contributed by atoms with Crippen LogP contribution < -0.4 is 5.32 Å². The Hall–Kier alpha value is -3.61. The third-order valence-corrected chi connectivity index (χ3v) is 4.49. The van der Waals surface area contributed by atoms with E-state index in [0.29, 0.717) is 19.5 Å². The summed E-state index contributed by atoms with van der Waals surface area (Å²) in [5.74, 6) is 0.